The lowest BCUT2D eigenvalue weighted by atomic mass is 10.1. The van der Waals surface area contributed by atoms with Crippen molar-refractivity contribution < 1.29 is 4.79 Å². The first-order valence-corrected chi connectivity index (χ1v) is 7.65. The number of nitrogens with one attached hydrogen (secondary N) is 2. The molecule has 2 N–H and O–H groups in total. The number of fused-ring (bicyclic) bond motifs is 2. The minimum absolute atomic E-state index is 0.0207. The van der Waals surface area contributed by atoms with Gasteiger partial charge in [-0.05, 0) is 44.9 Å². The van der Waals surface area contributed by atoms with Crippen LogP contribution in [0.4, 0.5) is 10.5 Å². The molecule has 116 valence electrons. The molecule has 2 aromatic rings. The zero-order valence-electron chi connectivity index (χ0n) is 12.8. The van der Waals surface area contributed by atoms with Crippen LogP contribution in [0.1, 0.15) is 32.5 Å². The molecule has 6 heteroatoms. The zero-order chi connectivity index (χ0) is 15.7. The van der Waals surface area contributed by atoms with Crippen LogP contribution >= 0.6 is 0 Å². The summed E-state index contributed by atoms with van der Waals surface area (Å²) < 4.78 is 1.75. The summed E-state index contributed by atoms with van der Waals surface area (Å²) in [4.78, 5) is 28.9. The highest BCUT2D eigenvalue weighted by atomic mass is 16.2. The van der Waals surface area contributed by atoms with Gasteiger partial charge in [-0.1, -0.05) is 0 Å². The number of carbonyl (C=O) groups is 1. The van der Waals surface area contributed by atoms with E-state index >= 15 is 0 Å². The molecule has 3 rings (SSSR count). The molecule has 0 aliphatic carbocycles. The van der Waals surface area contributed by atoms with Crippen molar-refractivity contribution in [3.8, 4) is 0 Å². The fourth-order valence-electron chi connectivity index (χ4n) is 2.75. The quantitative estimate of drug-likeness (QED) is 0.893. The standard InChI is InChI=1S/C16H20N4O2/c1-10(2)17-16(22)18-11-6-7-13-12(9-11)15(21)20-8-4-3-5-14(20)19-13/h6-7,9-10H,3-5,8H2,1-2H3,(H2,17,18,22). The Bertz CT molecular complexity index is 780. The number of hydrogen-bond acceptors (Lipinski definition) is 3. The van der Waals surface area contributed by atoms with Gasteiger partial charge < -0.3 is 10.6 Å². The molecule has 1 aromatic heterocycles. The number of benzene rings is 1. The molecular weight excluding hydrogens is 280 g/mol. The lowest BCUT2D eigenvalue weighted by Crippen LogP contribution is -2.34. The van der Waals surface area contributed by atoms with E-state index in [0.29, 0.717) is 16.6 Å². The number of amides is 2. The van der Waals surface area contributed by atoms with Crippen LogP contribution in [-0.4, -0.2) is 21.6 Å². The number of rotatable bonds is 2. The maximum atomic E-state index is 12.6. The van der Waals surface area contributed by atoms with Crippen LogP contribution in [0, 0.1) is 0 Å². The third-order valence-electron chi connectivity index (χ3n) is 3.74. The van der Waals surface area contributed by atoms with Gasteiger partial charge in [0, 0.05) is 24.7 Å². The summed E-state index contributed by atoms with van der Waals surface area (Å²) in [6, 6.07) is 5.04. The SMILES string of the molecule is CC(C)NC(=O)Nc1ccc2nc3n(c(=O)c2c1)CCCC3. The first-order chi connectivity index (χ1) is 10.5. The Balaban J connectivity index is 1.97. The normalized spacial score (nSPS) is 14.0. The average molecular weight is 300 g/mol. The van der Waals surface area contributed by atoms with E-state index in [1.54, 1.807) is 22.8 Å². The Hall–Kier alpha value is -2.37. The summed E-state index contributed by atoms with van der Waals surface area (Å²) in [6.07, 6.45) is 2.93. The molecule has 6 nitrogen and oxygen atoms in total. The van der Waals surface area contributed by atoms with Gasteiger partial charge in [-0.25, -0.2) is 9.78 Å². The minimum atomic E-state index is -0.277. The average Bonchev–Trinajstić information content (AvgIpc) is 2.47. The molecule has 0 atom stereocenters. The summed E-state index contributed by atoms with van der Waals surface area (Å²) in [5.74, 6) is 0.863. The van der Waals surface area contributed by atoms with Gasteiger partial charge in [0.05, 0.1) is 10.9 Å². The van der Waals surface area contributed by atoms with Crippen molar-refractivity contribution in [1.82, 2.24) is 14.9 Å². The van der Waals surface area contributed by atoms with E-state index in [1.165, 1.54) is 0 Å². The second-order valence-electron chi connectivity index (χ2n) is 5.93. The lowest BCUT2D eigenvalue weighted by molar-refractivity contribution is 0.250. The van der Waals surface area contributed by atoms with Crippen LogP contribution < -0.4 is 16.2 Å². The smallest absolute Gasteiger partial charge is 0.319 e. The van der Waals surface area contributed by atoms with Gasteiger partial charge >= 0.3 is 6.03 Å². The van der Waals surface area contributed by atoms with E-state index in [0.717, 1.165) is 31.6 Å². The van der Waals surface area contributed by atoms with Crippen molar-refractivity contribution in [2.45, 2.75) is 45.7 Å². The van der Waals surface area contributed by atoms with Crippen molar-refractivity contribution in [3.05, 3.63) is 34.4 Å². The van der Waals surface area contributed by atoms with Crippen LogP contribution in [0.25, 0.3) is 10.9 Å². The van der Waals surface area contributed by atoms with Crippen molar-refractivity contribution in [1.29, 1.82) is 0 Å². The predicted molar refractivity (Wildman–Crippen MR) is 86.2 cm³/mol. The first-order valence-electron chi connectivity index (χ1n) is 7.65. The first kappa shape index (κ1) is 14.6. The molecule has 0 fully saturated rings. The molecular formula is C16H20N4O2. The summed E-state index contributed by atoms with van der Waals surface area (Å²) in [5, 5.41) is 6.05. The van der Waals surface area contributed by atoms with Crippen LogP contribution in [0.15, 0.2) is 23.0 Å². The fourth-order valence-corrected chi connectivity index (χ4v) is 2.75. The van der Waals surface area contributed by atoms with Gasteiger partial charge in [0.15, 0.2) is 0 Å². The second kappa shape index (κ2) is 5.79. The number of aromatic nitrogens is 2. The van der Waals surface area contributed by atoms with Gasteiger partial charge in [0.2, 0.25) is 0 Å². The molecule has 1 aliphatic heterocycles. The Morgan fingerprint density at radius 1 is 1.32 bits per heavy atom. The van der Waals surface area contributed by atoms with Gasteiger partial charge in [-0.15, -0.1) is 0 Å². The Kier molecular flexibility index (Phi) is 3.83. The second-order valence-corrected chi connectivity index (χ2v) is 5.93. The van der Waals surface area contributed by atoms with Gasteiger partial charge in [0.1, 0.15) is 5.82 Å². The van der Waals surface area contributed by atoms with Crippen molar-refractivity contribution in [2.75, 3.05) is 5.32 Å². The molecule has 0 radical (unpaired) electrons. The molecule has 2 amide bonds. The third kappa shape index (κ3) is 2.81. The largest absolute Gasteiger partial charge is 0.336 e. The molecule has 2 heterocycles. The Morgan fingerprint density at radius 3 is 2.91 bits per heavy atom. The summed E-state index contributed by atoms with van der Waals surface area (Å²) in [6.45, 7) is 4.51. The Labute approximate surface area is 128 Å². The van der Waals surface area contributed by atoms with Crippen molar-refractivity contribution in [2.24, 2.45) is 0 Å². The molecule has 22 heavy (non-hydrogen) atoms. The highest BCUT2D eigenvalue weighted by molar-refractivity contribution is 5.92. The monoisotopic (exact) mass is 300 g/mol. The lowest BCUT2D eigenvalue weighted by Gasteiger charge is -2.18. The number of urea groups is 1. The van der Waals surface area contributed by atoms with E-state index < -0.39 is 0 Å². The highest BCUT2D eigenvalue weighted by Crippen LogP contribution is 2.18. The van der Waals surface area contributed by atoms with Crippen molar-refractivity contribution in [3.63, 3.8) is 0 Å². The van der Waals surface area contributed by atoms with E-state index in [-0.39, 0.29) is 17.6 Å². The maximum Gasteiger partial charge on any atom is 0.319 e. The van der Waals surface area contributed by atoms with E-state index in [2.05, 4.69) is 15.6 Å². The van der Waals surface area contributed by atoms with Crippen LogP contribution in [-0.2, 0) is 13.0 Å². The molecule has 0 unspecified atom stereocenters. The number of anilines is 1. The van der Waals surface area contributed by atoms with Crippen LogP contribution in [0.2, 0.25) is 0 Å². The van der Waals surface area contributed by atoms with Crippen LogP contribution in [0.3, 0.4) is 0 Å². The fraction of sp³-hybridized carbons (Fsp3) is 0.438. The van der Waals surface area contributed by atoms with E-state index in [9.17, 15) is 9.59 Å². The zero-order valence-corrected chi connectivity index (χ0v) is 12.8. The molecule has 0 bridgehead atoms. The van der Waals surface area contributed by atoms with Crippen molar-refractivity contribution >= 4 is 22.6 Å². The third-order valence-corrected chi connectivity index (χ3v) is 3.74. The topological polar surface area (TPSA) is 76.0 Å². The molecule has 0 saturated carbocycles. The molecule has 0 saturated heterocycles. The Morgan fingerprint density at radius 2 is 2.14 bits per heavy atom. The molecule has 0 spiro atoms. The van der Waals surface area contributed by atoms with Gasteiger partial charge in [0.25, 0.3) is 5.56 Å². The van der Waals surface area contributed by atoms with Gasteiger partial charge in [-0.3, -0.25) is 9.36 Å². The molecule has 1 aliphatic rings. The number of hydrogen-bond donors (Lipinski definition) is 2. The predicted octanol–water partition coefficient (Wildman–Crippen LogP) is 2.26. The minimum Gasteiger partial charge on any atom is -0.336 e. The summed E-state index contributed by atoms with van der Waals surface area (Å²) >= 11 is 0. The van der Waals surface area contributed by atoms with E-state index in [4.69, 9.17) is 0 Å². The summed E-state index contributed by atoms with van der Waals surface area (Å²) in [7, 11) is 0. The number of nitrogens with zero attached hydrogens (tertiary/aromatic N) is 2. The number of carbonyl (C=O) groups excluding carboxylic acids is 1. The van der Waals surface area contributed by atoms with E-state index in [1.807, 2.05) is 13.8 Å². The van der Waals surface area contributed by atoms with Gasteiger partial charge in [-0.2, -0.15) is 0 Å². The highest BCUT2D eigenvalue weighted by Gasteiger charge is 2.15. The van der Waals surface area contributed by atoms with Crippen LogP contribution in [0.5, 0.6) is 0 Å². The number of aryl methyl sites for hydroxylation is 1. The summed E-state index contributed by atoms with van der Waals surface area (Å²) in [5.41, 5.74) is 1.27. The maximum absolute atomic E-state index is 12.6. The molecule has 1 aromatic carbocycles.